The van der Waals surface area contributed by atoms with Gasteiger partial charge in [-0.15, -0.1) is 0 Å². The molecule has 1 aliphatic carbocycles. The van der Waals surface area contributed by atoms with Gasteiger partial charge in [-0.25, -0.2) is 4.98 Å². The topological polar surface area (TPSA) is 45.9 Å². The Morgan fingerprint density at radius 1 is 1.44 bits per heavy atom. The molecule has 0 bridgehead atoms. The second-order valence-electron chi connectivity index (χ2n) is 4.09. The minimum absolute atomic E-state index is 0.306. The minimum atomic E-state index is 0.306. The number of nitriles is 1. The number of nitrogens with zero attached hydrogens (tertiary/aromatic N) is 2. The van der Waals surface area contributed by atoms with Crippen molar-refractivity contribution >= 4 is 11.6 Å². The Bertz CT molecular complexity index is 408. The molecule has 0 atom stereocenters. The minimum Gasteiger partial charge on any atom is -0.477 e. The van der Waals surface area contributed by atoms with E-state index < -0.39 is 0 Å². The third-order valence-corrected chi connectivity index (χ3v) is 3.03. The van der Waals surface area contributed by atoms with Crippen LogP contribution in [-0.2, 0) is 0 Å². The highest BCUT2D eigenvalue weighted by Crippen LogP contribution is 2.25. The lowest BCUT2D eigenvalue weighted by atomic mass is 10.1. The van der Waals surface area contributed by atoms with Gasteiger partial charge in [0.25, 0.3) is 0 Å². The van der Waals surface area contributed by atoms with E-state index >= 15 is 0 Å². The molecule has 1 aromatic heterocycles. The van der Waals surface area contributed by atoms with Crippen LogP contribution in [0.3, 0.4) is 0 Å². The SMILES string of the molecule is N#Cc1cc(Cl)nc(OCC2CCCC2)c1. The second kappa shape index (κ2) is 5.18. The van der Waals surface area contributed by atoms with E-state index in [-0.39, 0.29) is 0 Å². The Kier molecular flexibility index (Phi) is 3.63. The van der Waals surface area contributed by atoms with Crippen molar-refractivity contribution in [3.63, 3.8) is 0 Å². The maximum Gasteiger partial charge on any atom is 0.215 e. The monoisotopic (exact) mass is 236 g/mol. The third kappa shape index (κ3) is 2.86. The molecule has 4 heteroatoms. The summed E-state index contributed by atoms with van der Waals surface area (Å²) < 4.78 is 5.57. The van der Waals surface area contributed by atoms with E-state index in [0.29, 0.717) is 29.1 Å². The van der Waals surface area contributed by atoms with Crippen molar-refractivity contribution in [3.05, 3.63) is 22.8 Å². The maximum absolute atomic E-state index is 8.77. The summed E-state index contributed by atoms with van der Waals surface area (Å²) in [6, 6.07) is 5.19. The van der Waals surface area contributed by atoms with E-state index in [1.54, 1.807) is 6.07 Å². The van der Waals surface area contributed by atoms with Crippen LogP contribution in [-0.4, -0.2) is 11.6 Å². The standard InChI is InChI=1S/C12H13ClN2O/c13-11-5-10(7-14)6-12(15-11)16-8-9-3-1-2-4-9/h5-6,9H,1-4,8H2. The van der Waals surface area contributed by atoms with Gasteiger partial charge in [-0.1, -0.05) is 24.4 Å². The van der Waals surface area contributed by atoms with Crippen LogP contribution in [0.2, 0.25) is 5.15 Å². The first-order valence-electron chi connectivity index (χ1n) is 5.48. The lowest BCUT2D eigenvalue weighted by molar-refractivity contribution is 0.243. The third-order valence-electron chi connectivity index (χ3n) is 2.84. The van der Waals surface area contributed by atoms with Gasteiger partial charge in [0, 0.05) is 6.07 Å². The summed E-state index contributed by atoms with van der Waals surface area (Å²) in [5.41, 5.74) is 0.487. The number of aromatic nitrogens is 1. The normalized spacial score (nSPS) is 16.0. The molecule has 1 aliphatic rings. The molecule has 1 aromatic rings. The van der Waals surface area contributed by atoms with Crippen molar-refractivity contribution in [2.24, 2.45) is 5.92 Å². The predicted molar refractivity (Wildman–Crippen MR) is 61.4 cm³/mol. The largest absolute Gasteiger partial charge is 0.477 e. The molecule has 0 aromatic carbocycles. The van der Waals surface area contributed by atoms with Crippen LogP contribution < -0.4 is 4.74 Å². The molecule has 84 valence electrons. The first kappa shape index (κ1) is 11.2. The lowest BCUT2D eigenvalue weighted by Gasteiger charge is -2.10. The number of hydrogen-bond acceptors (Lipinski definition) is 3. The second-order valence-corrected chi connectivity index (χ2v) is 4.48. The molecule has 2 rings (SSSR count). The number of rotatable bonds is 3. The molecule has 1 saturated carbocycles. The van der Waals surface area contributed by atoms with Crippen molar-refractivity contribution in [1.82, 2.24) is 4.98 Å². The number of pyridine rings is 1. The summed E-state index contributed by atoms with van der Waals surface area (Å²) in [4.78, 5) is 4.03. The summed E-state index contributed by atoms with van der Waals surface area (Å²) in [6.07, 6.45) is 5.04. The van der Waals surface area contributed by atoms with Gasteiger partial charge in [0.2, 0.25) is 5.88 Å². The van der Waals surface area contributed by atoms with Gasteiger partial charge in [-0.2, -0.15) is 5.26 Å². The van der Waals surface area contributed by atoms with Crippen molar-refractivity contribution in [2.45, 2.75) is 25.7 Å². The molecule has 0 saturated heterocycles. The molecule has 0 spiro atoms. The van der Waals surface area contributed by atoms with Crippen LogP contribution in [0.25, 0.3) is 0 Å². The maximum atomic E-state index is 8.77. The predicted octanol–water partition coefficient (Wildman–Crippen LogP) is 3.18. The highest BCUT2D eigenvalue weighted by molar-refractivity contribution is 6.29. The lowest BCUT2D eigenvalue weighted by Crippen LogP contribution is -2.09. The molecule has 16 heavy (non-hydrogen) atoms. The van der Waals surface area contributed by atoms with E-state index in [4.69, 9.17) is 21.6 Å². The van der Waals surface area contributed by atoms with Gasteiger partial charge in [-0.05, 0) is 24.8 Å². The zero-order valence-corrected chi connectivity index (χ0v) is 9.70. The Morgan fingerprint density at radius 3 is 2.88 bits per heavy atom. The zero-order valence-electron chi connectivity index (χ0n) is 8.95. The average molecular weight is 237 g/mol. The summed E-state index contributed by atoms with van der Waals surface area (Å²) in [5, 5.41) is 9.08. The molecule has 0 aliphatic heterocycles. The van der Waals surface area contributed by atoms with E-state index in [1.807, 2.05) is 6.07 Å². The fourth-order valence-corrected chi connectivity index (χ4v) is 2.19. The van der Waals surface area contributed by atoms with Crippen molar-refractivity contribution in [3.8, 4) is 11.9 Å². The number of ether oxygens (including phenoxy) is 1. The molecule has 0 unspecified atom stereocenters. The van der Waals surface area contributed by atoms with Crippen molar-refractivity contribution in [2.75, 3.05) is 6.61 Å². The molecule has 3 nitrogen and oxygen atoms in total. The molecule has 0 N–H and O–H groups in total. The molecule has 1 fully saturated rings. The van der Waals surface area contributed by atoms with Gasteiger partial charge >= 0.3 is 0 Å². The van der Waals surface area contributed by atoms with Crippen LogP contribution in [0.5, 0.6) is 5.88 Å². The van der Waals surface area contributed by atoms with Crippen molar-refractivity contribution < 1.29 is 4.74 Å². The molecule has 0 amide bonds. The Hall–Kier alpha value is -1.27. The van der Waals surface area contributed by atoms with E-state index in [0.717, 1.165) is 0 Å². The Labute approximate surface area is 100 Å². The smallest absolute Gasteiger partial charge is 0.215 e. The summed E-state index contributed by atoms with van der Waals surface area (Å²) in [6.45, 7) is 0.679. The zero-order chi connectivity index (χ0) is 11.4. The van der Waals surface area contributed by atoms with Gasteiger partial charge < -0.3 is 4.74 Å². The Balaban J connectivity index is 1.98. The molecule has 1 heterocycles. The van der Waals surface area contributed by atoms with Crippen LogP contribution in [0, 0.1) is 17.2 Å². The highest BCUT2D eigenvalue weighted by atomic mass is 35.5. The molecular formula is C12H13ClN2O. The van der Waals surface area contributed by atoms with E-state index in [1.165, 1.54) is 31.7 Å². The van der Waals surface area contributed by atoms with Crippen LogP contribution in [0.4, 0.5) is 0 Å². The number of halogens is 1. The first-order chi connectivity index (χ1) is 7.78. The van der Waals surface area contributed by atoms with Crippen LogP contribution in [0.1, 0.15) is 31.2 Å². The number of hydrogen-bond donors (Lipinski definition) is 0. The quantitative estimate of drug-likeness (QED) is 0.758. The van der Waals surface area contributed by atoms with Gasteiger partial charge in [0.05, 0.1) is 18.2 Å². The van der Waals surface area contributed by atoms with Gasteiger partial charge in [-0.3, -0.25) is 0 Å². The Morgan fingerprint density at radius 2 is 2.19 bits per heavy atom. The summed E-state index contributed by atoms with van der Waals surface area (Å²) in [7, 11) is 0. The van der Waals surface area contributed by atoms with Gasteiger partial charge in [0.15, 0.2) is 0 Å². The van der Waals surface area contributed by atoms with Gasteiger partial charge in [0.1, 0.15) is 5.15 Å². The first-order valence-corrected chi connectivity index (χ1v) is 5.86. The fourth-order valence-electron chi connectivity index (χ4n) is 1.99. The molecule has 0 radical (unpaired) electrons. The van der Waals surface area contributed by atoms with E-state index in [9.17, 15) is 0 Å². The van der Waals surface area contributed by atoms with Crippen LogP contribution >= 0.6 is 11.6 Å². The average Bonchev–Trinajstić information content (AvgIpc) is 2.78. The fraction of sp³-hybridized carbons (Fsp3) is 0.500. The van der Waals surface area contributed by atoms with Crippen molar-refractivity contribution in [1.29, 1.82) is 5.26 Å². The highest BCUT2D eigenvalue weighted by Gasteiger charge is 2.15. The summed E-state index contributed by atoms with van der Waals surface area (Å²) >= 11 is 5.78. The van der Waals surface area contributed by atoms with E-state index in [2.05, 4.69) is 4.98 Å². The summed E-state index contributed by atoms with van der Waals surface area (Å²) in [5.74, 6) is 1.09. The molecular weight excluding hydrogens is 224 g/mol. The van der Waals surface area contributed by atoms with Crippen LogP contribution in [0.15, 0.2) is 12.1 Å².